The minimum atomic E-state index is -0.707. The van der Waals surface area contributed by atoms with Crippen LogP contribution < -0.4 is 10.9 Å². The van der Waals surface area contributed by atoms with Crippen LogP contribution in [0.3, 0.4) is 0 Å². The number of aryl methyl sites for hydroxylation is 1. The molecule has 0 atom stereocenters. The van der Waals surface area contributed by atoms with Crippen molar-refractivity contribution >= 4 is 5.91 Å². The number of carbonyl (C=O) groups excluding carboxylic acids is 1. The zero-order chi connectivity index (χ0) is 12.5. The molecule has 0 bridgehead atoms. The van der Waals surface area contributed by atoms with Crippen LogP contribution in [0.15, 0.2) is 4.79 Å². The Balaban J connectivity index is 2.77. The van der Waals surface area contributed by atoms with E-state index in [1.807, 2.05) is 0 Å². The summed E-state index contributed by atoms with van der Waals surface area (Å²) in [4.78, 5) is 22.9. The lowest BCUT2D eigenvalue weighted by molar-refractivity contribution is -0.128. The van der Waals surface area contributed by atoms with Crippen LogP contribution in [-0.2, 0) is 18.4 Å². The first kappa shape index (κ1) is 12.5. The van der Waals surface area contributed by atoms with Crippen LogP contribution in [0.2, 0.25) is 0 Å². The largest absolute Gasteiger partial charge is 0.351 e. The maximum atomic E-state index is 13.2. The number of aromatic nitrogens is 2. The van der Waals surface area contributed by atoms with E-state index in [-0.39, 0.29) is 18.0 Å². The number of carbonyl (C=O) groups is 1. The molecule has 0 aliphatic heterocycles. The Kier molecular flexibility index (Phi) is 3.21. The van der Waals surface area contributed by atoms with Crippen molar-refractivity contribution in [2.24, 2.45) is 12.5 Å². The van der Waals surface area contributed by atoms with Crippen LogP contribution in [0.1, 0.15) is 26.3 Å². The van der Waals surface area contributed by atoms with Crippen LogP contribution >= 0.6 is 0 Å². The fraction of sp³-hybridized carbons (Fsp3) is 0.600. The number of halogens is 1. The molecule has 0 aliphatic carbocycles. The van der Waals surface area contributed by atoms with Gasteiger partial charge in [0.1, 0.15) is 0 Å². The number of aromatic amines is 1. The molecular formula is C10H16FN3O2. The lowest BCUT2D eigenvalue weighted by atomic mass is 9.96. The molecule has 6 heteroatoms. The van der Waals surface area contributed by atoms with Crippen LogP contribution in [-0.4, -0.2) is 15.7 Å². The number of hydrogen-bond donors (Lipinski definition) is 2. The molecule has 16 heavy (non-hydrogen) atoms. The summed E-state index contributed by atoms with van der Waals surface area (Å²) in [5.74, 6) is -0.933. The minimum absolute atomic E-state index is 0.0555. The number of nitrogens with zero attached hydrogens (tertiary/aromatic N) is 1. The van der Waals surface area contributed by atoms with Gasteiger partial charge in [-0.3, -0.25) is 19.4 Å². The van der Waals surface area contributed by atoms with Gasteiger partial charge < -0.3 is 5.32 Å². The third-order valence-electron chi connectivity index (χ3n) is 2.20. The summed E-state index contributed by atoms with van der Waals surface area (Å²) in [6.07, 6.45) is 0. The van der Waals surface area contributed by atoms with Gasteiger partial charge in [0.15, 0.2) is 0 Å². The topological polar surface area (TPSA) is 66.9 Å². The second-order valence-electron chi connectivity index (χ2n) is 4.70. The van der Waals surface area contributed by atoms with Crippen molar-refractivity contribution < 1.29 is 9.18 Å². The first-order valence-corrected chi connectivity index (χ1v) is 4.95. The van der Waals surface area contributed by atoms with Gasteiger partial charge in [0.05, 0.1) is 12.1 Å². The zero-order valence-corrected chi connectivity index (χ0v) is 9.85. The summed E-state index contributed by atoms with van der Waals surface area (Å²) in [7, 11) is 1.42. The van der Waals surface area contributed by atoms with Crippen LogP contribution in [0.4, 0.5) is 4.39 Å². The highest BCUT2D eigenvalue weighted by Crippen LogP contribution is 2.12. The van der Waals surface area contributed by atoms with Gasteiger partial charge in [0.25, 0.3) is 5.56 Å². The Morgan fingerprint density at radius 3 is 2.44 bits per heavy atom. The summed E-state index contributed by atoms with van der Waals surface area (Å²) < 4.78 is 14.2. The molecule has 0 aromatic carbocycles. The Labute approximate surface area is 92.6 Å². The second kappa shape index (κ2) is 4.11. The normalized spacial score (nSPS) is 11.6. The Hall–Kier alpha value is -1.59. The standard InChI is InChI=1S/C10H16FN3O2/c1-10(2,3)9(16)12-5-6-7(11)13-14(4)8(6)15/h13H,5H2,1-4H3,(H,12,16). The molecular weight excluding hydrogens is 213 g/mol. The molecule has 1 amide bonds. The number of amides is 1. The second-order valence-corrected chi connectivity index (χ2v) is 4.70. The molecule has 1 heterocycles. The molecule has 0 saturated heterocycles. The fourth-order valence-corrected chi connectivity index (χ4v) is 1.15. The Morgan fingerprint density at radius 2 is 2.06 bits per heavy atom. The first-order chi connectivity index (χ1) is 7.23. The van der Waals surface area contributed by atoms with E-state index < -0.39 is 16.9 Å². The van der Waals surface area contributed by atoms with Gasteiger partial charge in [0.2, 0.25) is 11.9 Å². The number of H-pyrrole nitrogens is 1. The van der Waals surface area contributed by atoms with Crippen LogP contribution in [0.5, 0.6) is 0 Å². The van der Waals surface area contributed by atoms with Gasteiger partial charge in [-0.05, 0) is 0 Å². The third-order valence-corrected chi connectivity index (χ3v) is 2.20. The monoisotopic (exact) mass is 229 g/mol. The average molecular weight is 229 g/mol. The highest BCUT2D eigenvalue weighted by molar-refractivity contribution is 5.81. The highest BCUT2D eigenvalue weighted by Gasteiger charge is 2.22. The molecule has 1 aromatic heterocycles. The van der Waals surface area contributed by atoms with Crippen molar-refractivity contribution in [2.75, 3.05) is 0 Å². The van der Waals surface area contributed by atoms with Gasteiger partial charge in [-0.25, -0.2) is 0 Å². The summed E-state index contributed by atoms with van der Waals surface area (Å²) >= 11 is 0. The van der Waals surface area contributed by atoms with E-state index in [4.69, 9.17) is 0 Å². The van der Waals surface area contributed by atoms with Crippen molar-refractivity contribution in [2.45, 2.75) is 27.3 Å². The predicted octanol–water partition coefficient (Wildman–Crippen LogP) is 0.515. The van der Waals surface area contributed by atoms with Crippen LogP contribution in [0.25, 0.3) is 0 Å². The summed E-state index contributed by atoms with van der Waals surface area (Å²) in [6, 6.07) is 0. The molecule has 0 radical (unpaired) electrons. The molecule has 0 saturated carbocycles. The molecule has 5 nitrogen and oxygen atoms in total. The molecule has 0 unspecified atom stereocenters. The number of rotatable bonds is 2. The summed E-state index contributed by atoms with van der Waals surface area (Å²) in [5.41, 5.74) is -1.08. The molecule has 2 N–H and O–H groups in total. The minimum Gasteiger partial charge on any atom is -0.351 e. The molecule has 90 valence electrons. The highest BCUT2D eigenvalue weighted by atomic mass is 19.1. The lowest BCUT2D eigenvalue weighted by Gasteiger charge is -2.16. The smallest absolute Gasteiger partial charge is 0.274 e. The van der Waals surface area contributed by atoms with Gasteiger partial charge in [-0.2, -0.15) is 4.39 Å². The number of hydrogen-bond acceptors (Lipinski definition) is 2. The molecule has 0 fully saturated rings. The Bertz CT molecular complexity index is 454. The molecule has 1 aromatic rings. The van der Waals surface area contributed by atoms with Crippen LogP contribution in [0, 0.1) is 11.4 Å². The predicted molar refractivity (Wildman–Crippen MR) is 57.3 cm³/mol. The van der Waals surface area contributed by atoms with E-state index in [0.717, 1.165) is 4.68 Å². The third kappa shape index (κ3) is 2.50. The fourth-order valence-electron chi connectivity index (χ4n) is 1.15. The van der Waals surface area contributed by atoms with Gasteiger partial charge in [-0.1, -0.05) is 20.8 Å². The lowest BCUT2D eigenvalue weighted by Crippen LogP contribution is -2.35. The van der Waals surface area contributed by atoms with Crippen molar-refractivity contribution in [3.8, 4) is 0 Å². The van der Waals surface area contributed by atoms with Crippen molar-refractivity contribution in [1.29, 1.82) is 0 Å². The molecule has 0 aliphatic rings. The first-order valence-electron chi connectivity index (χ1n) is 4.95. The van der Waals surface area contributed by atoms with E-state index in [1.165, 1.54) is 7.05 Å². The summed E-state index contributed by atoms with van der Waals surface area (Å²) in [5, 5.41) is 4.75. The molecule has 0 spiro atoms. The van der Waals surface area contributed by atoms with Gasteiger partial charge in [-0.15, -0.1) is 0 Å². The molecule has 1 rings (SSSR count). The Morgan fingerprint density at radius 1 is 1.50 bits per heavy atom. The van der Waals surface area contributed by atoms with Crippen molar-refractivity contribution in [3.05, 3.63) is 21.9 Å². The van der Waals surface area contributed by atoms with Crippen molar-refractivity contribution in [3.63, 3.8) is 0 Å². The quantitative estimate of drug-likeness (QED) is 0.776. The van der Waals surface area contributed by atoms with E-state index in [0.29, 0.717) is 0 Å². The number of nitrogens with one attached hydrogen (secondary N) is 2. The average Bonchev–Trinajstić information content (AvgIpc) is 2.37. The summed E-state index contributed by atoms with van der Waals surface area (Å²) in [6.45, 7) is 5.13. The van der Waals surface area contributed by atoms with E-state index in [9.17, 15) is 14.0 Å². The van der Waals surface area contributed by atoms with Gasteiger partial charge in [0, 0.05) is 12.5 Å². The van der Waals surface area contributed by atoms with Crippen molar-refractivity contribution in [1.82, 2.24) is 15.1 Å². The van der Waals surface area contributed by atoms with E-state index in [1.54, 1.807) is 20.8 Å². The van der Waals surface area contributed by atoms with Gasteiger partial charge >= 0.3 is 0 Å². The van der Waals surface area contributed by atoms with E-state index in [2.05, 4.69) is 10.4 Å². The van der Waals surface area contributed by atoms with E-state index >= 15 is 0 Å². The zero-order valence-electron chi connectivity index (χ0n) is 9.85. The SMILES string of the molecule is Cn1[nH]c(F)c(CNC(=O)C(C)(C)C)c1=O. The maximum Gasteiger partial charge on any atom is 0.274 e. The maximum absolute atomic E-state index is 13.2.